The number of carbonyl (C=O) groups excluding carboxylic acids is 2. The van der Waals surface area contributed by atoms with Gasteiger partial charge in [-0.15, -0.1) is 0 Å². The molecule has 0 saturated heterocycles. The van der Waals surface area contributed by atoms with Gasteiger partial charge in [0.15, 0.2) is 0 Å². The van der Waals surface area contributed by atoms with Crippen LogP contribution < -0.4 is 15.4 Å². The number of sulfonamides is 1. The Bertz CT molecular complexity index is 1200. The van der Waals surface area contributed by atoms with E-state index < -0.39 is 10.0 Å². The molecule has 0 saturated carbocycles. The van der Waals surface area contributed by atoms with Crippen molar-refractivity contribution in [1.29, 1.82) is 0 Å². The van der Waals surface area contributed by atoms with Crippen LogP contribution in [-0.4, -0.2) is 32.3 Å². The smallest absolute Gasteiger partial charge is 0.267 e. The topological polar surface area (TPSA) is 120 Å². The molecule has 1 aliphatic rings. The molecule has 2 aromatic carbocycles. The van der Waals surface area contributed by atoms with E-state index in [1.807, 2.05) is 0 Å². The van der Waals surface area contributed by atoms with E-state index in [9.17, 15) is 18.0 Å². The third-order valence-electron chi connectivity index (χ3n) is 4.36. The van der Waals surface area contributed by atoms with Crippen molar-refractivity contribution in [3.63, 3.8) is 0 Å². The first-order valence-corrected chi connectivity index (χ1v) is 9.64. The second kappa shape index (κ2) is 6.13. The molecule has 4 rings (SSSR count). The van der Waals surface area contributed by atoms with Gasteiger partial charge in [-0.2, -0.15) is 0 Å². The van der Waals surface area contributed by atoms with Crippen LogP contribution in [0.2, 0.25) is 0 Å². The third-order valence-corrected chi connectivity index (χ3v) is 5.74. The first-order chi connectivity index (χ1) is 12.9. The summed E-state index contributed by atoms with van der Waals surface area (Å²) < 4.78 is 27.9. The lowest BCUT2D eigenvalue weighted by Gasteiger charge is -2.09. The number of benzene rings is 2. The highest BCUT2D eigenvalue weighted by molar-refractivity contribution is 7.92. The summed E-state index contributed by atoms with van der Waals surface area (Å²) in [6.45, 7) is 0. The zero-order chi connectivity index (χ0) is 19.2. The molecule has 0 atom stereocenters. The number of hydrogen-bond donors (Lipinski definition) is 4. The highest BCUT2D eigenvalue weighted by atomic mass is 32.2. The molecular weight excluding hydrogens is 368 g/mol. The normalized spacial score (nSPS) is 13.3. The molecule has 0 aliphatic carbocycles. The molecule has 0 fully saturated rings. The van der Waals surface area contributed by atoms with Crippen molar-refractivity contribution in [3.05, 3.63) is 53.7 Å². The molecule has 0 radical (unpaired) electrons. The summed E-state index contributed by atoms with van der Waals surface area (Å²) in [5.74, 6) is -0.410. The maximum atomic E-state index is 12.7. The average molecular weight is 384 g/mol. The Balaban J connectivity index is 1.64. The quantitative estimate of drug-likeness (QED) is 0.548. The van der Waals surface area contributed by atoms with Crippen LogP contribution in [0.15, 0.2) is 47.4 Å². The Labute approximate surface area is 155 Å². The zero-order valence-corrected chi connectivity index (χ0v) is 15.1. The predicted molar refractivity (Wildman–Crippen MR) is 101 cm³/mol. The van der Waals surface area contributed by atoms with Crippen molar-refractivity contribution >= 4 is 44.1 Å². The van der Waals surface area contributed by atoms with Gasteiger partial charge in [-0.3, -0.25) is 14.3 Å². The number of aromatic amines is 1. The average Bonchev–Trinajstić information content (AvgIpc) is 3.21. The van der Waals surface area contributed by atoms with Gasteiger partial charge in [0.05, 0.1) is 11.3 Å². The number of amides is 2. The van der Waals surface area contributed by atoms with Crippen molar-refractivity contribution < 1.29 is 18.0 Å². The Morgan fingerprint density at radius 1 is 1.11 bits per heavy atom. The monoisotopic (exact) mass is 384 g/mol. The lowest BCUT2D eigenvalue weighted by atomic mass is 10.2. The van der Waals surface area contributed by atoms with Crippen molar-refractivity contribution in [2.45, 2.75) is 11.3 Å². The maximum absolute atomic E-state index is 12.7. The molecule has 2 heterocycles. The minimum absolute atomic E-state index is 0.0814. The van der Waals surface area contributed by atoms with Gasteiger partial charge < -0.3 is 15.6 Å². The molecular formula is C18H16N4O4S. The molecule has 8 nitrogen and oxygen atoms in total. The SMILES string of the molecule is CNC(=O)c1cc2cc(NS(=O)(=O)c3ccc4c(c3)CC(=O)N4)ccc2[nH]1. The largest absolute Gasteiger partial charge is 0.354 e. The zero-order valence-electron chi connectivity index (χ0n) is 14.3. The van der Waals surface area contributed by atoms with Gasteiger partial charge >= 0.3 is 0 Å². The predicted octanol–water partition coefficient (Wildman–Crippen LogP) is 1.82. The molecule has 138 valence electrons. The summed E-state index contributed by atoms with van der Waals surface area (Å²) in [4.78, 5) is 26.2. The standard InChI is InChI=1S/C18H16N4O4S/c1-19-18(24)16-8-10-6-12(2-4-14(10)20-16)22-27(25,26)13-3-5-15-11(7-13)9-17(23)21-15/h2-8,20,22H,9H2,1H3,(H,19,24)(H,21,23). The number of fused-ring (bicyclic) bond motifs is 2. The van der Waals surface area contributed by atoms with Crippen LogP contribution in [0, 0.1) is 0 Å². The molecule has 3 aromatic rings. The Hall–Kier alpha value is -3.33. The minimum atomic E-state index is -3.81. The number of nitrogens with one attached hydrogen (secondary N) is 4. The number of rotatable bonds is 4. The summed E-state index contributed by atoms with van der Waals surface area (Å²) in [6, 6.07) is 11.1. The maximum Gasteiger partial charge on any atom is 0.267 e. The number of carbonyl (C=O) groups is 2. The fourth-order valence-corrected chi connectivity index (χ4v) is 4.14. The Kier molecular flexibility index (Phi) is 3.88. The second-order valence-electron chi connectivity index (χ2n) is 6.21. The van der Waals surface area contributed by atoms with Crippen LogP contribution in [-0.2, 0) is 21.2 Å². The molecule has 1 aliphatic heterocycles. The van der Waals surface area contributed by atoms with Gasteiger partial charge in [0.25, 0.3) is 15.9 Å². The Morgan fingerprint density at radius 2 is 1.93 bits per heavy atom. The first-order valence-electron chi connectivity index (χ1n) is 8.16. The van der Waals surface area contributed by atoms with Crippen molar-refractivity contribution in [2.75, 3.05) is 17.1 Å². The molecule has 0 bridgehead atoms. The molecule has 4 N–H and O–H groups in total. The molecule has 9 heteroatoms. The summed E-state index contributed by atoms with van der Waals surface area (Å²) >= 11 is 0. The van der Waals surface area contributed by atoms with E-state index in [0.717, 1.165) is 5.52 Å². The van der Waals surface area contributed by atoms with Crippen LogP contribution in [0.3, 0.4) is 0 Å². The van der Waals surface area contributed by atoms with E-state index in [4.69, 9.17) is 0 Å². The summed E-state index contributed by atoms with van der Waals surface area (Å²) in [7, 11) is -2.28. The van der Waals surface area contributed by atoms with Gasteiger partial charge in [0.2, 0.25) is 5.91 Å². The minimum Gasteiger partial charge on any atom is -0.354 e. The van der Waals surface area contributed by atoms with Gasteiger partial charge in [-0.25, -0.2) is 8.42 Å². The molecule has 2 amide bonds. The molecule has 27 heavy (non-hydrogen) atoms. The second-order valence-corrected chi connectivity index (χ2v) is 7.90. The van der Waals surface area contributed by atoms with E-state index in [1.165, 1.54) is 19.2 Å². The fourth-order valence-electron chi connectivity index (χ4n) is 3.04. The Morgan fingerprint density at radius 3 is 2.70 bits per heavy atom. The summed E-state index contributed by atoms with van der Waals surface area (Å²) in [5.41, 5.74) is 2.77. The first kappa shape index (κ1) is 17.1. The van der Waals surface area contributed by atoms with Crippen LogP contribution in [0.5, 0.6) is 0 Å². The van der Waals surface area contributed by atoms with Crippen molar-refractivity contribution in [2.24, 2.45) is 0 Å². The van der Waals surface area contributed by atoms with E-state index in [-0.39, 0.29) is 23.1 Å². The summed E-state index contributed by atoms with van der Waals surface area (Å²) in [5, 5.41) is 5.91. The van der Waals surface area contributed by atoms with Crippen molar-refractivity contribution in [3.8, 4) is 0 Å². The van der Waals surface area contributed by atoms with E-state index >= 15 is 0 Å². The summed E-state index contributed by atoms with van der Waals surface area (Å²) in [6.07, 6.45) is 0.163. The fraction of sp³-hybridized carbons (Fsp3) is 0.111. The molecule has 1 aromatic heterocycles. The van der Waals surface area contributed by atoms with Gasteiger partial charge in [-0.1, -0.05) is 0 Å². The highest BCUT2D eigenvalue weighted by Gasteiger charge is 2.22. The van der Waals surface area contributed by atoms with Crippen LogP contribution in [0.4, 0.5) is 11.4 Å². The number of aromatic nitrogens is 1. The number of hydrogen-bond acceptors (Lipinski definition) is 4. The molecule has 0 spiro atoms. The van der Waals surface area contributed by atoms with E-state index in [0.29, 0.717) is 28.0 Å². The lowest BCUT2D eigenvalue weighted by Crippen LogP contribution is -2.17. The van der Waals surface area contributed by atoms with Crippen LogP contribution >= 0.6 is 0 Å². The van der Waals surface area contributed by atoms with Gasteiger partial charge in [0, 0.05) is 29.3 Å². The van der Waals surface area contributed by atoms with E-state index in [1.54, 1.807) is 30.3 Å². The third kappa shape index (κ3) is 3.13. The molecule has 0 unspecified atom stereocenters. The van der Waals surface area contributed by atoms with Crippen LogP contribution in [0.1, 0.15) is 16.1 Å². The van der Waals surface area contributed by atoms with Gasteiger partial charge in [0.1, 0.15) is 5.69 Å². The van der Waals surface area contributed by atoms with E-state index in [2.05, 4.69) is 20.3 Å². The number of anilines is 2. The van der Waals surface area contributed by atoms with Crippen molar-refractivity contribution in [1.82, 2.24) is 10.3 Å². The van der Waals surface area contributed by atoms with Crippen LogP contribution in [0.25, 0.3) is 10.9 Å². The highest BCUT2D eigenvalue weighted by Crippen LogP contribution is 2.27. The van der Waals surface area contributed by atoms with Gasteiger partial charge in [-0.05, 0) is 48.0 Å². The lowest BCUT2D eigenvalue weighted by molar-refractivity contribution is -0.115. The number of H-pyrrole nitrogens is 1.